The SMILES string of the molecule is COc1ccc(N([C@H](C)C(=O)Nc2ccccc2)S(C)(=O)=O)cc1. The zero-order valence-electron chi connectivity index (χ0n) is 13.8. The van der Waals surface area contributed by atoms with Gasteiger partial charge in [-0.3, -0.25) is 9.10 Å². The van der Waals surface area contributed by atoms with Crippen LogP contribution in [0.1, 0.15) is 6.92 Å². The second-order valence-corrected chi connectivity index (χ2v) is 7.15. The maximum atomic E-state index is 12.5. The summed E-state index contributed by atoms with van der Waals surface area (Å²) < 4.78 is 30.6. The van der Waals surface area contributed by atoms with Crippen LogP contribution in [-0.2, 0) is 14.8 Å². The fraction of sp³-hybridized carbons (Fsp3) is 0.235. The minimum Gasteiger partial charge on any atom is -0.497 e. The van der Waals surface area contributed by atoms with E-state index in [1.165, 1.54) is 7.11 Å². The van der Waals surface area contributed by atoms with E-state index in [2.05, 4.69) is 5.32 Å². The van der Waals surface area contributed by atoms with Gasteiger partial charge in [0.05, 0.1) is 19.1 Å². The number of sulfonamides is 1. The Balaban J connectivity index is 2.28. The Labute approximate surface area is 142 Å². The summed E-state index contributed by atoms with van der Waals surface area (Å²) in [5, 5.41) is 2.72. The Hall–Kier alpha value is -2.54. The number of rotatable bonds is 6. The average molecular weight is 348 g/mol. The normalized spacial score (nSPS) is 12.3. The summed E-state index contributed by atoms with van der Waals surface area (Å²) in [6.45, 7) is 1.55. The third kappa shape index (κ3) is 4.26. The molecule has 24 heavy (non-hydrogen) atoms. The van der Waals surface area contributed by atoms with Crippen molar-refractivity contribution >= 4 is 27.3 Å². The molecule has 6 nitrogen and oxygen atoms in total. The first-order valence-corrected chi connectivity index (χ1v) is 9.17. The molecule has 0 saturated heterocycles. The monoisotopic (exact) mass is 348 g/mol. The zero-order chi connectivity index (χ0) is 17.7. The number of amides is 1. The van der Waals surface area contributed by atoms with E-state index in [9.17, 15) is 13.2 Å². The summed E-state index contributed by atoms with van der Waals surface area (Å²) in [4.78, 5) is 12.5. The number of carbonyl (C=O) groups is 1. The molecule has 0 bridgehead atoms. The van der Waals surface area contributed by atoms with Crippen molar-refractivity contribution in [1.29, 1.82) is 0 Å². The van der Waals surface area contributed by atoms with Gasteiger partial charge in [0.25, 0.3) is 0 Å². The van der Waals surface area contributed by atoms with E-state index < -0.39 is 22.0 Å². The van der Waals surface area contributed by atoms with Gasteiger partial charge in [-0.05, 0) is 43.3 Å². The number of nitrogens with zero attached hydrogens (tertiary/aromatic N) is 1. The molecule has 0 fully saturated rings. The number of ether oxygens (including phenoxy) is 1. The van der Waals surface area contributed by atoms with Gasteiger partial charge in [-0.15, -0.1) is 0 Å². The first kappa shape index (κ1) is 17.8. The van der Waals surface area contributed by atoms with Crippen LogP contribution in [-0.4, -0.2) is 33.7 Å². The molecule has 7 heteroatoms. The van der Waals surface area contributed by atoms with Crippen LogP contribution in [0.3, 0.4) is 0 Å². The van der Waals surface area contributed by atoms with Crippen molar-refractivity contribution in [3.63, 3.8) is 0 Å². The van der Waals surface area contributed by atoms with Crippen LogP contribution in [0.2, 0.25) is 0 Å². The van der Waals surface area contributed by atoms with Gasteiger partial charge in [-0.1, -0.05) is 18.2 Å². The first-order valence-electron chi connectivity index (χ1n) is 7.32. The minimum absolute atomic E-state index is 0.397. The zero-order valence-corrected chi connectivity index (χ0v) is 14.6. The molecule has 2 aromatic rings. The van der Waals surface area contributed by atoms with Gasteiger partial charge < -0.3 is 10.1 Å². The third-order valence-electron chi connectivity index (χ3n) is 3.46. The van der Waals surface area contributed by atoms with Crippen molar-refractivity contribution in [1.82, 2.24) is 0 Å². The molecule has 2 rings (SSSR count). The van der Waals surface area contributed by atoms with E-state index >= 15 is 0 Å². The smallest absolute Gasteiger partial charge is 0.247 e. The standard InChI is InChI=1S/C17H20N2O4S/c1-13(17(20)18-14-7-5-4-6-8-14)19(24(3,21)22)15-9-11-16(23-2)12-10-15/h4-13H,1-3H3,(H,18,20)/t13-/m1/s1. The average Bonchev–Trinajstić information content (AvgIpc) is 2.55. The highest BCUT2D eigenvalue weighted by atomic mass is 32.2. The van der Waals surface area contributed by atoms with Crippen LogP contribution in [0, 0.1) is 0 Å². The van der Waals surface area contributed by atoms with Gasteiger partial charge >= 0.3 is 0 Å². The lowest BCUT2D eigenvalue weighted by molar-refractivity contribution is -0.116. The highest BCUT2D eigenvalue weighted by Gasteiger charge is 2.29. The minimum atomic E-state index is -3.64. The lowest BCUT2D eigenvalue weighted by Gasteiger charge is -2.28. The molecule has 2 aromatic carbocycles. The van der Waals surface area contributed by atoms with Crippen LogP contribution in [0.5, 0.6) is 5.75 Å². The van der Waals surface area contributed by atoms with Crippen LogP contribution in [0.4, 0.5) is 11.4 Å². The fourth-order valence-corrected chi connectivity index (χ4v) is 3.48. The van der Waals surface area contributed by atoms with Crippen molar-refractivity contribution in [2.75, 3.05) is 23.0 Å². The summed E-state index contributed by atoms with van der Waals surface area (Å²) in [7, 11) is -2.12. The highest BCUT2D eigenvalue weighted by molar-refractivity contribution is 7.92. The number of carbonyl (C=O) groups excluding carboxylic acids is 1. The molecule has 0 aliphatic carbocycles. The summed E-state index contributed by atoms with van der Waals surface area (Å²) >= 11 is 0. The molecule has 0 aromatic heterocycles. The molecule has 0 heterocycles. The number of methoxy groups -OCH3 is 1. The predicted octanol–water partition coefficient (Wildman–Crippen LogP) is 2.49. The van der Waals surface area contributed by atoms with E-state index in [1.54, 1.807) is 55.5 Å². The van der Waals surface area contributed by atoms with Crippen molar-refractivity contribution in [3.8, 4) is 5.75 Å². The molecule has 0 spiro atoms. The maximum absolute atomic E-state index is 12.5. The molecular formula is C17H20N2O4S. The topological polar surface area (TPSA) is 75.7 Å². The summed E-state index contributed by atoms with van der Waals surface area (Å²) in [5.74, 6) is 0.191. The van der Waals surface area contributed by atoms with Crippen molar-refractivity contribution in [2.45, 2.75) is 13.0 Å². The van der Waals surface area contributed by atoms with Gasteiger partial charge in [0.15, 0.2) is 0 Å². The van der Waals surface area contributed by atoms with Gasteiger partial charge in [-0.2, -0.15) is 0 Å². The number of hydrogen-bond acceptors (Lipinski definition) is 4. The largest absolute Gasteiger partial charge is 0.497 e. The second-order valence-electron chi connectivity index (χ2n) is 5.29. The molecule has 0 aliphatic rings. The highest BCUT2D eigenvalue weighted by Crippen LogP contribution is 2.24. The molecule has 128 valence electrons. The third-order valence-corrected chi connectivity index (χ3v) is 4.70. The Morgan fingerprint density at radius 1 is 1.08 bits per heavy atom. The van der Waals surface area contributed by atoms with Crippen LogP contribution in [0.15, 0.2) is 54.6 Å². The number of para-hydroxylation sites is 1. The van der Waals surface area contributed by atoms with Crippen molar-refractivity contribution in [3.05, 3.63) is 54.6 Å². The molecule has 0 radical (unpaired) electrons. The number of benzene rings is 2. The van der Waals surface area contributed by atoms with Crippen LogP contribution >= 0.6 is 0 Å². The van der Waals surface area contributed by atoms with Crippen LogP contribution < -0.4 is 14.4 Å². The summed E-state index contributed by atoms with van der Waals surface area (Å²) in [5.41, 5.74) is 1.01. The molecule has 1 N–H and O–H groups in total. The van der Waals surface area contributed by atoms with E-state index in [4.69, 9.17) is 4.74 Å². The summed E-state index contributed by atoms with van der Waals surface area (Å²) in [6.07, 6.45) is 1.07. The van der Waals surface area contributed by atoms with Crippen LogP contribution in [0.25, 0.3) is 0 Å². The molecule has 1 amide bonds. The Morgan fingerprint density at radius 2 is 1.67 bits per heavy atom. The fourth-order valence-electron chi connectivity index (χ4n) is 2.31. The van der Waals surface area contributed by atoms with Crippen molar-refractivity contribution in [2.24, 2.45) is 0 Å². The lowest BCUT2D eigenvalue weighted by Crippen LogP contribution is -2.45. The maximum Gasteiger partial charge on any atom is 0.247 e. The second kappa shape index (κ2) is 7.35. The Morgan fingerprint density at radius 3 is 2.17 bits per heavy atom. The molecule has 0 unspecified atom stereocenters. The molecule has 1 atom stereocenters. The van der Waals surface area contributed by atoms with E-state index in [0.717, 1.165) is 10.6 Å². The Bertz CT molecular complexity index is 789. The lowest BCUT2D eigenvalue weighted by atomic mass is 10.2. The number of hydrogen-bond donors (Lipinski definition) is 1. The van der Waals surface area contributed by atoms with Gasteiger partial charge in [0, 0.05) is 5.69 Å². The summed E-state index contributed by atoms with van der Waals surface area (Å²) in [6, 6.07) is 14.5. The van der Waals surface area contributed by atoms with Gasteiger partial charge in [0.2, 0.25) is 15.9 Å². The first-order chi connectivity index (χ1) is 11.3. The van der Waals surface area contributed by atoms with E-state index in [1.807, 2.05) is 6.07 Å². The van der Waals surface area contributed by atoms with Gasteiger partial charge in [-0.25, -0.2) is 8.42 Å². The number of nitrogens with one attached hydrogen (secondary N) is 1. The van der Waals surface area contributed by atoms with E-state index in [0.29, 0.717) is 17.1 Å². The van der Waals surface area contributed by atoms with E-state index in [-0.39, 0.29) is 0 Å². The number of anilines is 2. The Kier molecular flexibility index (Phi) is 5.46. The van der Waals surface area contributed by atoms with Crippen molar-refractivity contribution < 1.29 is 17.9 Å². The quantitative estimate of drug-likeness (QED) is 0.870. The predicted molar refractivity (Wildman–Crippen MR) is 94.9 cm³/mol. The molecular weight excluding hydrogens is 328 g/mol. The van der Waals surface area contributed by atoms with Gasteiger partial charge in [0.1, 0.15) is 11.8 Å². The molecule has 0 aliphatic heterocycles. The molecule has 0 saturated carbocycles.